The van der Waals surface area contributed by atoms with Crippen molar-refractivity contribution in [3.63, 3.8) is 0 Å². The SMILES string of the molecule is C=CCNC(=O)Nc1ccc(NC(=O)CCc2ccccc2F)cc1. The molecule has 25 heavy (non-hydrogen) atoms. The molecule has 0 heterocycles. The van der Waals surface area contributed by atoms with Crippen LogP contribution in [0.4, 0.5) is 20.6 Å². The number of rotatable bonds is 7. The highest BCUT2D eigenvalue weighted by atomic mass is 19.1. The van der Waals surface area contributed by atoms with Crippen molar-refractivity contribution in [3.05, 3.63) is 72.6 Å². The molecule has 3 N–H and O–H groups in total. The fourth-order valence-corrected chi connectivity index (χ4v) is 2.15. The van der Waals surface area contributed by atoms with E-state index in [0.717, 1.165) is 0 Å². The van der Waals surface area contributed by atoms with Crippen LogP contribution in [0, 0.1) is 5.82 Å². The Morgan fingerprint density at radius 3 is 2.28 bits per heavy atom. The van der Waals surface area contributed by atoms with E-state index in [1.807, 2.05) is 0 Å². The number of aryl methyl sites for hydroxylation is 1. The number of hydrogen-bond acceptors (Lipinski definition) is 2. The minimum absolute atomic E-state index is 0.185. The van der Waals surface area contributed by atoms with E-state index >= 15 is 0 Å². The van der Waals surface area contributed by atoms with Crippen molar-refractivity contribution in [3.8, 4) is 0 Å². The number of halogens is 1. The van der Waals surface area contributed by atoms with Gasteiger partial charge in [-0.15, -0.1) is 6.58 Å². The van der Waals surface area contributed by atoms with Gasteiger partial charge in [-0.25, -0.2) is 9.18 Å². The molecule has 0 aliphatic carbocycles. The molecule has 0 spiro atoms. The first-order valence-electron chi connectivity index (χ1n) is 7.87. The molecule has 0 aliphatic heterocycles. The van der Waals surface area contributed by atoms with E-state index in [9.17, 15) is 14.0 Å². The van der Waals surface area contributed by atoms with Crippen LogP contribution >= 0.6 is 0 Å². The van der Waals surface area contributed by atoms with Crippen molar-refractivity contribution >= 4 is 23.3 Å². The number of carbonyl (C=O) groups excluding carboxylic acids is 2. The van der Waals surface area contributed by atoms with Gasteiger partial charge in [0.2, 0.25) is 5.91 Å². The lowest BCUT2D eigenvalue weighted by Crippen LogP contribution is -2.28. The summed E-state index contributed by atoms with van der Waals surface area (Å²) in [5, 5.41) is 8.00. The van der Waals surface area contributed by atoms with Crippen molar-refractivity contribution in [2.24, 2.45) is 0 Å². The maximum absolute atomic E-state index is 13.5. The van der Waals surface area contributed by atoms with Gasteiger partial charge in [0, 0.05) is 24.3 Å². The molecule has 2 rings (SSSR count). The Labute approximate surface area is 145 Å². The molecule has 2 aromatic carbocycles. The zero-order chi connectivity index (χ0) is 18.1. The zero-order valence-electron chi connectivity index (χ0n) is 13.7. The van der Waals surface area contributed by atoms with E-state index in [4.69, 9.17) is 0 Å². The Kier molecular flexibility index (Phi) is 6.71. The molecule has 130 valence electrons. The molecular formula is C19H20FN3O2. The monoisotopic (exact) mass is 341 g/mol. The number of anilines is 2. The third-order valence-corrected chi connectivity index (χ3v) is 3.41. The predicted octanol–water partition coefficient (Wildman–Crippen LogP) is 3.70. The van der Waals surface area contributed by atoms with Crippen LogP contribution in [-0.2, 0) is 11.2 Å². The lowest BCUT2D eigenvalue weighted by molar-refractivity contribution is -0.116. The van der Waals surface area contributed by atoms with Gasteiger partial charge in [-0.1, -0.05) is 24.3 Å². The summed E-state index contributed by atoms with van der Waals surface area (Å²) in [7, 11) is 0. The standard InChI is InChI=1S/C19H20FN3O2/c1-2-13-21-19(25)23-16-10-8-15(9-11-16)22-18(24)12-7-14-5-3-4-6-17(14)20/h2-6,8-11H,1,7,12-13H2,(H,22,24)(H2,21,23,25). The second kappa shape index (κ2) is 9.22. The minimum atomic E-state index is -0.332. The van der Waals surface area contributed by atoms with Gasteiger partial charge in [0.1, 0.15) is 5.82 Å². The molecule has 5 nitrogen and oxygen atoms in total. The van der Waals surface area contributed by atoms with Gasteiger partial charge in [-0.3, -0.25) is 4.79 Å². The average molecular weight is 341 g/mol. The normalized spacial score (nSPS) is 9.96. The maximum Gasteiger partial charge on any atom is 0.319 e. The first-order chi connectivity index (χ1) is 12.1. The highest BCUT2D eigenvalue weighted by Crippen LogP contribution is 2.14. The molecule has 0 saturated carbocycles. The molecule has 0 aliphatic rings. The van der Waals surface area contributed by atoms with Crippen LogP contribution in [0.1, 0.15) is 12.0 Å². The molecule has 3 amide bonds. The number of carbonyl (C=O) groups is 2. The maximum atomic E-state index is 13.5. The second-order valence-corrected chi connectivity index (χ2v) is 5.34. The van der Waals surface area contributed by atoms with Crippen molar-refractivity contribution < 1.29 is 14.0 Å². The van der Waals surface area contributed by atoms with Crippen molar-refractivity contribution in [1.82, 2.24) is 5.32 Å². The minimum Gasteiger partial charge on any atom is -0.334 e. The Bertz CT molecular complexity index is 745. The van der Waals surface area contributed by atoms with E-state index < -0.39 is 0 Å². The molecule has 0 bridgehead atoms. The van der Waals surface area contributed by atoms with E-state index in [2.05, 4.69) is 22.5 Å². The molecule has 0 aromatic heterocycles. The Balaban J connectivity index is 1.82. The van der Waals surface area contributed by atoms with Crippen LogP contribution in [0.5, 0.6) is 0 Å². The summed E-state index contributed by atoms with van der Waals surface area (Å²) in [6.07, 6.45) is 2.10. The molecule has 0 atom stereocenters. The average Bonchev–Trinajstić information content (AvgIpc) is 2.61. The van der Waals surface area contributed by atoms with Gasteiger partial charge in [-0.2, -0.15) is 0 Å². The summed E-state index contributed by atoms with van der Waals surface area (Å²) in [6, 6.07) is 12.8. The van der Waals surface area contributed by atoms with Crippen LogP contribution in [-0.4, -0.2) is 18.5 Å². The summed E-state index contributed by atoms with van der Waals surface area (Å²) >= 11 is 0. The highest BCUT2D eigenvalue weighted by molar-refractivity contribution is 5.92. The van der Waals surface area contributed by atoms with Gasteiger partial charge in [-0.05, 0) is 42.3 Å². The van der Waals surface area contributed by atoms with Gasteiger partial charge >= 0.3 is 6.03 Å². The van der Waals surface area contributed by atoms with Crippen molar-refractivity contribution in [1.29, 1.82) is 0 Å². The lowest BCUT2D eigenvalue weighted by atomic mass is 10.1. The zero-order valence-corrected chi connectivity index (χ0v) is 13.7. The Morgan fingerprint density at radius 1 is 1.00 bits per heavy atom. The summed E-state index contributed by atoms with van der Waals surface area (Å²) in [5.74, 6) is -0.506. The Morgan fingerprint density at radius 2 is 1.64 bits per heavy atom. The highest BCUT2D eigenvalue weighted by Gasteiger charge is 2.06. The molecule has 6 heteroatoms. The van der Waals surface area contributed by atoms with Crippen LogP contribution in [0.2, 0.25) is 0 Å². The largest absolute Gasteiger partial charge is 0.334 e. The van der Waals surface area contributed by atoms with Crippen molar-refractivity contribution in [2.75, 3.05) is 17.2 Å². The topological polar surface area (TPSA) is 70.2 Å². The van der Waals surface area contributed by atoms with Gasteiger partial charge in [0.05, 0.1) is 0 Å². The first-order valence-corrected chi connectivity index (χ1v) is 7.87. The number of urea groups is 1. The van der Waals surface area contributed by atoms with E-state index in [-0.39, 0.29) is 24.2 Å². The summed E-state index contributed by atoms with van der Waals surface area (Å²) in [4.78, 5) is 23.5. The van der Waals surface area contributed by atoms with Gasteiger partial charge < -0.3 is 16.0 Å². The third kappa shape index (κ3) is 6.10. The second-order valence-electron chi connectivity index (χ2n) is 5.34. The molecule has 0 saturated heterocycles. The number of nitrogens with one attached hydrogen (secondary N) is 3. The van der Waals surface area contributed by atoms with Crippen LogP contribution in [0.25, 0.3) is 0 Å². The molecule has 0 radical (unpaired) electrons. The van der Waals surface area contributed by atoms with E-state index in [1.54, 1.807) is 48.5 Å². The van der Waals surface area contributed by atoms with E-state index in [0.29, 0.717) is 29.9 Å². The van der Waals surface area contributed by atoms with E-state index in [1.165, 1.54) is 6.07 Å². The molecular weight excluding hydrogens is 321 g/mol. The first kappa shape index (κ1) is 18.2. The molecule has 0 fully saturated rings. The summed E-state index contributed by atoms with van der Waals surface area (Å²) in [6.45, 7) is 3.89. The Hall–Kier alpha value is -3.15. The van der Waals surface area contributed by atoms with Crippen LogP contribution in [0.15, 0.2) is 61.2 Å². The summed E-state index contributed by atoms with van der Waals surface area (Å²) < 4.78 is 13.5. The molecule has 2 aromatic rings. The fourth-order valence-electron chi connectivity index (χ4n) is 2.15. The van der Waals surface area contributed by atoms with Crippen molar-refractivity contribution in [2.45, 2.75) is 12.8 Å². The lowest BCUT2D eigenvalue weighted by Gasteiger charge is -2.08. The van der Waals surface area contributed by atoms with Gasteiger partial charge in [0.15, 0.2) is 0 Å². The number of hydrogen-bond donors (Lipinski definition) is 3. The fraction of sp³-hybridized carbons (Fsp3) is 0.158. The quantitative estimate of drug-likeness (QED) is 0.672. The van der Waals surface area contributed by atoms with Crippen LogP contribution < -0.4 is 16.0 Å². The third-order valence-electron chi connectivity index (χ3n) is 3.41. The number of benzene rings is 2. The number of amides is 3. The predicted molar refractivity (Wildman–Crippen MR) is 97.0 cm³/mol. The smallest absolute Gasteiger partial charge is 0.319 e. The van der Waals surface area contributed by atoms with Crippen LogP contribution in [0.3, 0.4) is 0 Å². The molecule has 0 unspecified atom stereocenters. The summed E-state index contributed by atoms with van der Waals surface area (Å²) in [5.41, 5.74) is 1.73. The van der Waals surface area contributed by atoms with Gasteiger partial charge in [0.25, 0.3) is 0 Å².